The molecule has 14 heavy (non-hydrogen) atoms. The zero-order chi connectivity index (χ0) is 10.1. The highest BCUT2D eigenvalue weighted by Crippen LogP contribution is 2.24. The van der Waals surface area contributed by atoms with E-state index in [0.29, 0.717) is 12.5 Å². The monoisotopic (exact) mass is 190 g/mol. The maximum Gasteiger partial charge on any atom is 0.179 e. The molecule has 0 unspecified atom stereocenters. The lowest BCUT2D eigenvalue weighted by Gasteiger charge is -2.21. The summed E-state index contributed by atoms with van der Waals surface area (Å²) in [6.07, 6.45) is 3.11. The van der Waals surface area contributed by atoms with Gasteiger partial charge in [-0.1, -0.05) is 13.8 Å². The molecule has 0 bridgehead atoms. The number of nitrogens with one attached hydrogen (secondary N) is 1. The van der Waals surface area contributed by atoms with Crippen LogP contribution in [0.25, 0.3) is 0 Å². The zero-order valence-electron chi connectivity index (χ0n) is 8.54. The van der Waals surface area contributed by atoms with Crippen LogP contribution in [0.5, 0.6) is 0 Å². The average Bonchev–Trinajstić information content (AvgIpc) is 2.59. The summed E-state index contributed by atoms with van der Waals surface area (Å²) in [6, 6.07) is 0. The van der Waals surface area contributed by atoms with Gasteiger partial charge in [0, 0.05) is 12.1 Å². The van der Waals surface area contributed by atoms with Crippen LogP contribution in [-0.2, 0) is 13.0 Å². The molecule has 0 saturated carbocycles. The van der Waals surface area contributed by atoms with Crippen LogP contribution in [0.2, 0.25) is 0 Å². The number of rotatable bonds is 1. The molecule has 1 N–H and O–H groups in total. The summed E-state index contributed by atoms with van der Waals surface area (Å²) in [7, 11) is 0. The van der Waals surface area contributed by atoms with Crippen LogP contribution >= 0.6 is 0 Å². The van der Waals surface area contributed by atoms with E-state index in [1.807, 2.05) is 0 Å². The van der Waals surface area contributed by atoms with Crippen molar-refractivity contribution in [3.05, 3.63) is 17.0 Å². The Kier molecular flexibility index (Phi) is 2.16. The Morgan fingerprint density at radius 3 is 3.00 bits per heavy atom. The number of nitrogens with zero attached hydrogens (tertiary/aromatic N) is 3. The predicted molar refractivity (Wildman–Crippen MR) is 52.4 cm³/mol. The van der Waals surface area contributed by atoms with Gasteiger partial charge >= 0.3 is 0 Å². The first-order chi connectivity index (χ1) is 6.72. The fraction of sp³-hybridized carbons (Fsp3) is 0.600. The molecule has 1 aromatic rings. The van der Waals surface area contributed by atoms with Gasteiger partial charge in [0.2, 0.25) is 0 Å². The number of aromatic nitrogens is 2. The second-order valence-electron chi connectivity index (χ2n) is 3.99. The Hall–Kier alpha value is -1.50. The number of H-pyrrole nitrogens is 1. The van der Waals surface area contributed by atoms with E-state index in [-0.39, 0.29) is 0 Å². The lowest BCUT2D eigenvalue weighted by molar-refractivity contribution is 0.363. The molecule has 4 nitrogen and oxygen atoms in total. The van der Waals surface area contributed by atoms with Crippen molar-refractivity contribution in [1.82, 2.24) is 15.1 Å². The van der Waals surface area contributed by atoms with Gasteiger partial charge in [-0.15, -0.1) is 0 Å². The maximum atomic E-state index is 8.77. The molecule has 1 aliphatic rings. The van der Waals surface area contributed by atoms with Crippen molar-refractivity contribution in [2.45, 2.75) is 32.7 Å². The molecular formula is C10H14N4. The molecule has 0 spiro atoms. The van der Waals surface area contributed by atoms with E-state index in [4.69, 9.17) is 5.26 Å². The van der Waals surface area contributed by atoms with Crippen molar-refractivity contribution in [2.24, 2.45) is 0 Å². The zero-order valence-corrected chi connectivity index (χ0v) is 8.54. The molecule has 0 saturated heterocycles. The highest BCUT2D eigenvalue weighted by Gasteiger charge is 2.21. The minimum Gasteiger partial charge on any atom is -0.304 e. The van der Waals surface area contributed by atoms with Crippen molar-refractivity contribution in [3.8, 4) is 6.19 Å². The van der Waals surface area contributed by atoms with Gasteiger partial charge in [-0.3, -0.25) is 5.10 Å². The van der Waals surface area contributed by atoms with Gasteiger partial charge in [-0.2, -0.15) is 10.4 Å². The molecule has 0 amide bonds. The number of hydrogen-bond acceptors (Lipinski definition) is 3. The van der Waals surface area contributed by atoms with Crippen molar-refractivity contribution in [3.63, 3.8) is 0 Å². The van der Waals surface area contributed by atoms with E-state index < -0.39 is 0 Å². The van der Waals surface area contributed by atoms with Gasteiger partial charge in [0.1, 0.15) is 0 Å². The highest BCUT2D eigenvalue weighted by atomic mass is 15.2. The van der Waals surface area contributed by atoms with Crippen LogP contribution in [0, 0.1) is 11.5 Å². The molecule has 0 atom stereocenters. The van der Waals surface area contributed by atoms with Gasteiger partial charge < -0.3 is 4.90 Å². The van der Waals surface area contributed by atoms with E-state index >= 15 is 0 Å². The third kappa shape index (κ3) is 1.35. The minimum atomic E-state index is 0.462. The summed E-state index contributed by atoms with van der Waals surface area (Å²) in [4.78, 5) is 1.75. The molecule has 4 heteroatoms. The highest BCUT2D eigenvalue weighted by molar-refractivity contribution is 5.30. The summed E-state index contributed by atoms with van der Waals surface area (Å²) in [6.45, 7) is 5.80. The van der Waals surface area contributed by atoms with E-state index in [1.165, 1.54) is 5.56 Å². The van der Waals surface area contributed by atoms with Crippen LogP contribution in [-0.4, -0.2) is 21.6 Å². The van der Waals surface area contributed by atoms with Gasteiger partial charge in [-0.05, 0) is 12.3 Å². The summed E-state index contributed by atoms with van der Waals surface area (Å²) in [5.41, 5.74) is 3.60. The number of hydrogen-bond donors (Lipinski definition) is 1. The fourth-order valence-electron chi connectivity index (χ4n) is 1.91. The van der Waals surface area contributed by atoms with Crippen LogP contribution in [0.4, 0.5) is 0 Å². The van der Waals surface area contributed by atoms with Crippen LogP contribution < -0.4 is 0 Å². The molecule has 74 valence electrons. The normalized spacial score (nSPS) is 15.4. The van der Waals surface area contributed by atoms with Gasteiger partial charge in [0.05, 0.1) is 17.9 Å². The number of fused-ring (bicyclic) bond motifs is 1. The second-order valence-corrected chi connectivity index (χ2v) is 3.99. The smallest absolute Gasteiger partial charge is 0.179 e. The van der Waals surface area contributed by atoms with E-state index in [2.05, 4.69) is 30.2 Å². The SMILES string of the molecule is CC(C)c1n[nH]c2c1CCN(C#N)C2. The first kappa shape index (κ1) is 9.07. The Bertz CT molecular complexity index is 372. The molecule has 0 aromatic carbocycles. The lowest BCUT2D eigenvalue weighted by Crippen LogP contribution is -2.26. The van der Waals surface area contributed by atoms with E-state index in [1.54, 1.807) is 4.90 Å². The Balaban J connectivity index is 2.30. The Morgan fingerprint density at radius 2 is 2.36 bits per heavy atom. The molecule has 0 radical (unpaired) electrons. The summed E-state index contributed by atoms with van der Waals surface area (Å²) in [5.74, 6) is 0.462. The van der Waals surface area contributed by atoms with E-state index in [0.717, 1.165) is 24.4 Å². The van der Waals surface area contributed by atoms with Crippen molar-refractivity contribution < 1.29 is 0 Å². The fourth-order valence-corrected chi connectivity index (χ4v) is 1.91. The third-order valence-corrected chi connectivity index (χ3v) is 2.65. The minimum absolute atomic E-state index is 0.462. The van der Waals surface area contributed by atoms with E-state index in [9.17, 15) is 0 Å². The summed E-state index contributed by atoms with van der Waals surface area (Å²) in [5, 5.41) is 16.1. The van der Waals surface area contributed by atoms with Crippen LogP contribution in [0.3, 0.4) is 0 Å². The summed E-state index contributed by atoms with van der Waals surface area (Å²) >= 11 is 0. The second kappa shape index (κ2) is 3.33. The number of nitriles is 1. The molecule has 0 fully saturated rings. The summed E-state index contributed by atoms with van der Waals surface area (Å²) < 4.78 is 0. The van der Waals surface area contributed by atoms with Crippen molar-refractivity contribution in [2.75, 3.05) is 6.54 Å². The van der Waals surface area contributed by atoms with Crippen molar-refractivity contribution in [1.29, 1.82) is 5.26 Å². The molecule has 1 aliphatic heterocycles. The maximum absolute atomic E-state index is 8.77. The van der Waals surface area contributed by atoms with Crippen LogP contribution in [0.15, 0.2) is 0 Å². The largest absolute Gasteiger partial charge is 0.304 e. The molecule has 2 rings (SSSR count). The Morgan fingerprint density at radius 1 is 1.57 bits per heavy atom. The quantitative estimate of drug-likeness (QED) is 0.680. The first-order valence-corrected chi connectivity index (χ1v) is 4.93. The topological polar surface area (TPSA) is 55.7 Å². The molecule has 1 aromatic heterocycles. The predicted octanol–water partition coefficient (Wildman–Crippen LogP) is 1.37. The molecule has 0 aliphatic carbocycles. The van der Waals surface area contributed by atoms with Gasteiger partial charge in [0.25, 0.3) is 0 Å². The average molecular weight is 190 g/mol. The molecule has 2 heterocycles. The third-order valence-electron chi connectivity index (χ3n) is 2.65. The van der Waals surface area contributed by atoms with Crippen molar-refractivity contribution >= 4 is 0 Å². The number of aromatic amines is 1. The molecular weight excluding hydrogens is 176 g/mol. The van der Waals surface area contributed by atoms with Gasteiger partial charge in [0.15, 0.2) is 6.19 Å². The van der Waals surface area contributed by atoms with Crippen LogP contribution in [0.1, 0.15) is 36.7 Å². The van der Waals surface area contributed by atoms with Gasteiger partial charge in [-0.25, -0.2) is 0 Å². The Labute approximate surface area is 83.5 Å². The lowest BCUT2D eigenvalue weighted by atomic mass is 9.99. The first-order valence-electron chi connectivity index (χ1n) is 4.93. The standard InChI is InChI=1S/C10H14N4/c1-7(2)10-8-3-4-14(6-11)5-9(8)12-13-10/h7H,3-5H2,1-2H3,(H,12,13).